The van der Waals surface area contributed by atoms with Crippen LogP contribution in [-0.2, 0) is 29.3 Å². The van der Waals surface area contributed by atoms with Crippen molar-refractivity contribution >= 4 is 11.4 Å². The SMILES string of the molecule is CCCCCCCCCCCCCCCCCCCCC=CCCc1ccccc1C1=CC(CCCC)=C(c2cccc(CCCC)c2)[N+]1=[N-].CCCCO.CCCCO.[Ni]. The van der Waals surface area contributed by atoms with Gasteiger partial charge >= 0.3 is 0 Å². The van der Waals surface area contributed by atoms with E-state index in [1.165, 1.54) is 156 Å². The van der Waals surface area contributed by atoms with Crippen molar-refractivity contribution in [2.75, 3.05) is 13.2 Å². The Hall–Kier alpha value is -2.33. The molecule has 0 unspecified atom stereocenters. The monoisotopic (exact) mass is 885 g/mol. The van der Waals surface area contributed by atoms with Crippen molar-refractivity contribution in [1.82, 2.24) is 0 Å². The molecule has 2 aromatic rings. The van der Waals surface area contributed by atoms with Gasteiger partial charge in [-0.3, -0.25) is 0 Å². The molecule has 0 fully saturated rings. The minimum atomic E-state index is 0. The Morgan fingerprint density at radius 3 is 1.48 bits per heavy atom. The van der Waals surface area contributed by atoms with E-state index in [4.69, 9.17) is 10.2 Å². The molecule has 1 aliphatic rings. The number of allylic oxidation sites excluding steroid dienone is 4. The van der Waals surface area contributed by atoms with Crippen molar-refractivity contribution < 1.29 is 31.4 Å². The van der Waals surface area contributed by atoms with Crippen molar-refractivity contribution in [3.05, 3.63) is 100 Å². The molecule has 1 heterocycles. The number of aliphatic hydroxyl groups excluding tert-OH is 2. The molecule has 1 aliphatic heterocycles. The zero-order chi connectivity index (χ0) is 43.7. The largest absolute Gasteiger partial charge is 0.493 e. The number of aliphatic hydroxyl groups is 2. The Bertz CT molecular complexity index is 1400. The van der Waals surface area contributed by atoms with Crippen LogP contribution in [0.5, 0.6) is 0 Å². The summed E-state index contributed by atoms with van der Waals surface area (Å²) in [5.41, 5.74) is 19.7. The maximum absolute atomic E-state index is 11.7. The smallest absolute Gasteiger partial charge is 0.210 e. The van der Waals surface area contributed by atoms with E-state index in [1.807, 2.05) is 0 Å². The first-order valence-corrected chi connectivity index (χ1v) is 25.5. The van der Waals surface area contributed by atoms with Crippen LogP contribution in [0.25, 0.3) is 16.9 Å². The van der Waals surface area contributed by atoms with Crippen molar-refractivity contribution in [3.8, 4) is 0 Å². The fourth-order valence-electron chi connectivity index (χ4n) is 7.81. The van der Waals surface area contributed by atoms with Gasteiger partial charge in [-0.1, -0.05) is 212 Å². The Kier molecular flexibility index (Phi) is 41.3. The summed E-state index contributed by atoms with van der Waals surface area (Å²) < 4.78 is 1.48. The molecule has 0 saturated heterocycles. The maximum atomic E-state index is 11.7. The third-order valence-electron chi connectivity index (χ3n) is 11.7. The second-order valence-corrected chi connectivity index (χ2v) is 17.2. The molecule has 350 valence electrons. The summed E-state index contributed by atoms with van der Waals surface area (Å²) in [5, 5.41) is 16.1. The van der Waals surface area contributed by atoms with Gasteiger partial charge in [0.15, 0.2) is 0 Å². The van der Waals surface area contributed by atoms with Gasteiger partial charge in [0.1, 0.15) is 0 Å². The molecule has 2 aromatic carbocycles. The average molecular weight is 886 g/mol. The first-order valence-electron chi connectivity index (χ1n) is 25.5. The van der Waals surface area contributed by atoms with Gasteiger partial charge < -0.3 is 15.7 Å². The molecule has 5 heteroatoms. The number of benzene rings is 2. The summed E-state index contributed by atoms with van der Waals surface area (Å²) in [6, 6.07) is 17.5. The zero-order valence-corrected chi connectivity index (χ0v) is 41.3. The van der Waals surface area contributed by atoms with E-state index in [-0.39, 0.29) is 16.5 Å². The molecule has 0 amide bonds. The first-order chi connectivity index (χ1) is 29.5. The molecular weight excluding hydrogens is 791 g/mol. The number of nitrogens with zero attached hydrogens (tertiary/aromatic N) is 2. The molecule has 0 radical (unpaired) electrons. The van der Waals surface area contributed by atoms with E-state index in [0.717, 1.165) is 86.7 Å². The van der Waals surface area contributed by atoms with Gasteiger partial charge in [0, 0.05) is 52.5 Å². The second kappa shape index (κ2) is 42.9. The van der Waals surface area contributed by atoms with Crippen molar-refractivity contribution in [2.24, 2.45) is 0 Å². The number of aryl methyl sites for hydroxylation is 2. The third kappa shape index (κ3) is 28.9. The molecule has 4 nitrogen and oxygen atoms in total. The molecule has 61 heavy (non-hydrogen) atoms. The molecule has 2 N–H and O–H groups in total. The maximum Gasteiger partial charge on any atom is 0.210 e. The molecule has 0 spiro atoms. The first kappa shape index (κ1) is 58.7. The molecule has 0 aliphatic carbocycles. The van der Waals surface area contributed by atoms with Crippen molar-refractivity contribution in [3.63, 3.8) is 0 Å². The average Bonchev–Trinajstić information content (AvgIpc) is 3.60. The van der Waals surface area contributed by atoms with Crippen LogP contribution in [0.15, 0.2) is 72.3 Å². The number of hydrogen-bond donors (Lipinski definition) is 2. The normalized spacial score (nSPS) is 12.2. The quantitative estimate of drug-likeness (QED) is 0.0318. The molecule has 3 rings (SSSR count). The number of unbranched alkanes of at least 4 members (excludes halogenated alkanes) is 22. The van der Waals surface area contributed by atoms with Gasteiger partial charge in [0.05, 0.1) is 0 Å². The predicted molar refractivity (Wildman–Crippen MR) is 264 cm³/mol. The van der Waals surface area contributed by atoms with Crippen molar-refractivity contribution in [2.45, 2.75) is 234 Å². The van der Waals surface area contributed by atoms with Gasteiger partial charge in [-0.2, -0.15) is 0 Å². The summed E-state index contributed by atoms with van der Waals surface area (Å²) in [7, 11) is 0. The summed E-state index contributed by atoms with van der Waals surface area (Å²) in [6.07, 6.45) is 46.8. The van der Waals surface area contributed by atoms with E-state index in [2.05, 4.69) is 101 Å². The summed E-state index contributed by atoms with van der Waals surface area (Å²) >= 11 is 0. The fourth-order valence-corrected chi connectivity index (χ4v) is 7.81. The number of hydrogen-bond acceptors (Lipinski definition) is 2. The van der Waals surface area contributed by atoms with E-state index in [9.17, 15) is 5.53 Å². The van der Waals surface area contributed by atoms with Gasteiger partial charge in [0.2, 0.25) is 11.4 Å². The van der Waals surface area contributed by atoms with Gasteiger partial charge in [-0.25, -0.2) is 4.70 Å². The Balaban J connectivity index is 0.00000292. The van der Waals surface area contributed by atoms with Crippen LogP contribution in [0.2, 0.25) is 0 Å². The minimum Gasteiger partial charge on any atom is -0.493 e. The van der Waals surface area contributed by atoms with Crippen LogP contribution >= 0.6 is 0 Å². The standard InChI is InChI=1S/C48H74N2.2C4H10O.Ni/c1-4-7-10-11-12-13-14-15-16-17-18-19-20-21-22-23-24-25-26-27-28-29-36-43-37-30-31-39-46(43)47-41-45(35-9-6-3)48(50(47)49)44-38-32-34-42(40-44)33-8-5-2;2*1-2-3-4-5;/h27-28,30-32,34,37-41H,4-26,29,33,35-36H2,1-3H3;2*5H,2-4H2,1H3;. The van der Waals surface area contributed by atoms with Crippen LogP contribution in [0.1, 0.15) is 243 Å². The summed E-state index contributed by atoms with van der Waals surface area (Å²) in [6.45, 7) is 11.6. The van der Waals surface area contributed by atoms with Gasteiger partial charge in [-0.05, 0) is 93.5 Å². The van der Waals surface area contributed by atoms with E-state index in [1.54, 1.807) is 0 Å². The fraction of sp³-hybridized carbons (Fsp3) is 0.679. The number of rotatable bonds is 34. The Labute approximate surface area is 388 Å². The van der Waals surface area contributed by atoms with Crippen LogP contribution in [0.4, 0.5) is 0 Å². The van der Waals surface area contributed by atoms with Crippen LogP contribution in [0.3, 0.4) is 0 Å². The molecule has 0 saturated carbocycles. The molecule has 0 bridgehead atoms. The Morgan fingerprint density at radius 2 is 0.967 bits per heavy atom. The molecular formula is C56H94N2NiO2. The zero-order valence-electron chi connectivity index (χ0n) is 40.3. The topological polar surface area (TPSA) is 65.8 Å². The minimum absolute atomic E-state index is 0. The van der Waals surface area contributed by atoms with Crippen LogP contribution in [0, 0.1) is 0 Å². The van der Waals surface area contributed by atoms with Crippen LogP contribution < -0.4 is 0 Å². The van der Waals surface area contributed by atoms with Gasteiger partial charge in [0.25, 0.3) is 0 Å². The summed E-state index contributed by atoms with van der Waals surface area (Å²) in [4.78, 5) is 0. The van der Waals surface area contributed by atoms with Crippen LogP contribution in [-0.4, -0.2) is 28.1 Å². The van der Waals surface area contributed by atoms with E-state index >= 15 is 0 Å². The van der Waals surface area contributed by atoms with Crippen molar-refractivity contribution in [1.29, 1.82) is 0 Å². The van der Waals surface area contributed by atoms with Gasteiger partial charge in [-0.15, -0.1) is 0 Å². The van der Waals surface area contributed by atoms with E-state index < -0.39 is 0 Å². The predicted octanol–water partition coefficient (Wildman–Crippen LogP) is 17.5. The molecule has 0 atom stereocenters. The van der Waals surface area contributed by atoms with E-state index in [0.29, 0.717) is 13.2 Å². The second-order valence-electron chi connectivity index (χ2n) is 17.2. The Morgan fingerprint density at radius 1 is 0.492 bits per heavy atom. The summed E-state index contributed by atoms with van der Waals surface area (Å²) in [5.74, 6) is 0. The molecule has 0 aromatic heterocycles. The third-order valence-corrected chi connectivity index (χ3v) is 11.7.